The van der Waals surface area contributed by atoms with Gasteiger partial charge in [0, 0.05) is 12.2 Å². The second kappa shape index (κ2) is 6.68. The Morgan fingerprint density at radius 1 is 1.37 bits per heavy atom. The molecule has 0 spiro atoms. The van der Waals surface area contributed by atoms with Gasteiger partial charge in [-0.1, -0.05) is 24.6 Å². The summed E-state index contributed by atoms with van der Waals surface area (Å²) >= 11 is 0. The summed E-state index contributed by atoms with van der Waals surface area (Å²) in [7, 11) is 0. The molecule has 2 unspecified atom stereocenters. The molecular weight excluding hydrogens is 240 g/mol. The number of hydrogen-bond donors (Lipinski definition) is 3. The van der Waals surface area contributed by atoms with Crippen molar-refractivity contribution in [3.63, 3.8) is 0 Å². The van der Waals surface area contributed by atoms with Gasteiger partial charge in [0.15, 0.2) is 0 Å². The van der Waals surface area contributed by atoms with Crippen molar-refractivity contribution in [2.24, 2.45) is 5.92 Å². The number of hydrogen-bond acceptors (Lipinski definition) is 3. The van der Waals surface area contributed by atoms with Crippen LogP contribution in [-0.4, -0.2) is 30.2 Å². The smallest absolute Gasteiger partial charge is 0.238 e. The van der Waals surface area contributed by atoms with Gasteiger partial charge >= 0.3 is 0 Å². The van der Waals surface area contributed by atoms with Crippen LogP contribution < -0.4 is 10.6 Å². The number of carbonyl (C=O) groups is 1. The van der Waals surface area contributed by atoms with Crippen LogP contribution in [0.3, 0.4) is 0 Å². The average molecular weight is 262 g/mol. The van der Waals surface area contributed by atoms with Gasteiger partial charge in [0.2, 0.25) is 5.91 Å². The van der Waals surface area contributed by atoms with E-state index in [2.05, 4.69) is 10.6 Å². The first-order chi connectivity index (χ1) is 9.16. The maximum absolute atomic E-state index is 11.8. The number of amides is 1. The molecule has 3 N–H and O–H groups in total. The normalized spacial score (nSPS) is 22.4. The molecule has 1 aromatic rings. The third kappa shape index (κ3) is 4.04. The van der Waals surface area contributed by atoms with E-state index in [0.717, 1.165) is 30.5 Å². The number of aliphatic hydroxyl groups is 1. The van der Waals surface area contributed by atoms with Crippen LogP contribution in [0.1, 0.15) is 24.8 Å². The highest BCUT2D eigenvalue weighted by atomic mass is 16.3. The van der Waals surface area contributed by atoms with Crippen molar-refractivity contribution in [1.82, 2.24) is 5.32 Å². The quantitative estimate of drug-likeness (QED) is 0.756. The number of carbonyl (C=O) groups excluding carboxylic acids is 1. The molecule has 4 heteroatoms. The van der Waals surface area contributed by atoms with Crippen molar-refractivity contribution < 1.29 is 9.90 Å². The summed E-state index contributed by atoms with van der Waals surface area (Å²) in [5, 5.41) is 15.7. The van der Waals surface area contributed by atoms with Crippen LogP contribution in [0.5, 0.6) is 0 Å². The molecule has 1 saturated carbocycles. The molecule has 0 aliphatic heterocycles. The van der Waals surface area contributed by atoms with E-state index in [1.54, 1.807) is 0 Å². The molecule has 1 fully saturated rings. The van der Waals surface area contributed by atoms with E-state index in [0.29, 0.717) is 12.5 Å². The van der Waals surface area contributed by atoms with Gasteiger partial charge in [-0.15, -0.1) is 0 Å². The molecule has 1 aliphatic rings. The van der Waals surface area contributed by atoms with Crippen LogP contribution in [0, 0.1) is 12.8 Å². The monoisotopic (exact) mass is 262 g/mol. The van der Waals surface area contributed by atoms with E-state index < -0.39 is 0 Å². The van der Waals surface area contributed by atoms with E-state index in [4.69, 9.17) is 0 Å². The molecule has 19 heavy (non-hydrogen) atoms. The predicted octanol–water partition coefficient (Wildman–Crippen LogP) is 1.68. The molecule has 1 amide bonds. The second-order valence-electron chi connectivity index (χ2n) is 5.25. The van der Waals surface area contributed by atoms with Crippen molar-refractivity contribution in [2.45, 2.75) is 32.3 Å². The minimum Gasteiger partial charge on any atom is -0.393 e. The lowest BCUT2D eigenvalue weighted by Crippen LogP contribution is -2.34. The minimum absolute atomic E-state index is 0.0400. The van der Waals surface area contributed by atoms with E-state index in [1.807, 2.05) is 31.2 Å². The summed E-state index contributed by atoms with van der Waals surface area (Å²) in [4.78, 5) is 11.8. The summed E-state index contributed by atoms with van der Waals surface area (Å²) in [5.41, 5.74) is 1.91. The van der Waals surface area contributed by atoms with E-state index in [9.17, 15) is 9.90 Å². The largest absolute Gasteiger partial charge is 0.393 e. The van der Waals surface area contributed by atoms with Crippen LogP contribution >= 0.6 is 0 Å². The van der Waals surface area contributed by atoms with Gasteiger partial charge in [-0.3, -0.25) is 4.79 Å². The fourth-order valence-corrected chi connectivity index (χ4v) is 2.53. The van der Waals surface area contributed by atoms with Gasteiger partial charge in [0.05, 0.1) is 12.6 Å². The zero-order valence-corrected chi connectivity index (χ0v) is 11.4. The highest BCUT2D eigenvalue weighted by Crippen LogP contribution is 2.24. The predicted molar refractivity (Wildman–Crippen MR) is 76.0 cm³/mol. The maximum Gasteiger partial charge on any atom is 0.238 e. The van der Waals surface area contributed by atoms with Gasteiger partial charge in [-0.05, 0) is 37.3 Å². The number of para-hydroxylation sites is 1. The molecule has 2 atom stereocenters. The number of anilines is 1. The summed E-state index contributed by atoms with van der Waals surface area (Å²) in [5.74, 6) is 0.257. The molecule has 0 bridgehead atoms. The van der Waals surface area contributed by atoms with Gasteiger partial charge in [-0.2, -0.15) is 0 Å². The molecule has 1 aliphatic carbocycles. The Bertz CT molecular complexity index is 434. The Labute approximate surface area is 114 Å². The lowest BCUT2D eigenvalue weighted by Gasteiger charge is -2.15. The van der Waals surface area contributed by atoms with Gasteiger partial charge in [-0.25, -0.2) is 0 Å². The highest BCUT2D eigenvalue weighted by Gasteiger charge is 2.24. The lowest BCUT2D eigenvalue weighted by atomic mass is 10.1. The minimum atomic E-state index is -0.202. The van der Waals surface area contributed by atoms with Gasteiger partial charge in [0.1, 0.15) is 0 Å². The number of benzene rings is 1. The average Bonchev–Trinajstić information content (AvgIpc) is 2.78. The second-order valence-corrected chi connectivity index (χ2v) is 5.25. The molecule has 1 aromatic carbocycles. The molecular formula is C15H22N2O2. The summed E-state index contributed by atoms with van der Waals surface area (Å²) < 4.78 is 0. The molecule has 2 rings (SSSR count). The topological polar surface area (TPSA) is 61.4 Å². The van der Waals surface area contributed by atoms with E-state index in [-0.39, 0.29) is 18.6 Å². The number of aryl methyl sites for hydroxylation is 1. The van der Waals surface area contributed by atoms with E-state index >= 15 is 0 Å². The van der Waals surface area contributed by atoms with Crippen LogP contribution in [0.25, 0.3) is 0 Å². The zero-order chi connectivity index (χ0) is 13.7. The molecule has 0 saturated heterocycles. The molecule has 0 aromatic heterocycles. The fraction of sp³-hybridized carbons (Fsp3) is 0.533. The fourth-order valence-electron chi connectivity index (χ4n) is 2.53. The van der Waals surface area contributed by atoms with Gasteiger partial charge in [0.25, 0.3) is 0 Å². The van der Waals surface area contributed by atoms with Crippen molar-refractivity contribution in [3.05, 3.63) is 29.8 Å². The molecule has 104 valence electrons. The first-order valence-corrected chi connectivity index (χ1v) is 6.91. The summed E-state index contributed by atoms with van der Waals surface area (Å²) in [6.45, 7) is 2.97. The Kier molecular flexibility index (Phi) is 4.93. The number of aliphatic hydroxyl groups excluding tert-OH is 1. The highest BCUT2D eigenvalue weighted by molar-refractivity contribution is 5.92. The molecule has 4 nitrogen and oxygen atoms in total. The van der Waals surface area contributed by atoms with Gasteiger partial charge < -0.3 is 15.7 Å². The Morgan fingerprint density at radius 3 is 2.84 bits per heavy atom. The van der Waals surface area contributed by atoms with E-state index in [1.165, 1.54) is 0 Å². The first-order valence-electron chi connectivity index (χ1n) is 6.91. The van der Waals surface area contributed by atoms with Crippen LogP contribution in [0.4, 0.5) is 5.69 Å². The Morgan fingerprint density at radius 2 is 2.16 bits per heavy atom. The maximum atomic E-state index is 11.8. The molecule has 0 radical (unpaired) electrons. The van der Waals surface area contributed by atoms with Crippen molar-refractivity contribution in [3.8, 4) is 0 Å². The zero-order valence-electron chi connectivity index (χ0n) is 11.4. The molecule has 0 heterocycles. The summed E-state index contributed by atoms with van der Waals surface area (Å²) in [6.07, 6.45) is 2.82. The lowest BCUT2D eigenvalue weighted by molar-refractivity contribution is -0.115. The number of rotatable bonds is 5. The van der Waals surface area contributed by atoms with Crippen molar-refractivity contribution in [2.75, 3.05) is 18.4 Å². The number of nitrogens with one attached hydrogen (secondary N) is 2. The SMILES string of the molecule is Cc1ccccc1NC(=O)CNCC1CCCC1O. The Balaban J connectivity index is 1.72. The van der Waals surface area contributed by atoms with Crippen LogP contribution in [-0.2, 0) is 4.79 Å². The third-order valence-corrected chi connectivity index (χ3v) is 3.73. The first kappa shape index (κ1) is 14.0. The Hall–Kier alpha value is -1.39. The summed E-state index contributed by atoms with van der Waals surface area (Å²) in [6, 6.07) is 7.72. The van der Waals surface area contributed by atoms with Crippen molar-refractivity contribution >= 4 is 11.6 Å². The van der Waals surface area contributed by atoms with Crippen LogP contribution in [0.2, 0.25) is 0 Å². The standard InChI is InChI=1S/C15H22N2O2/c1-11-5-2-3-7-13(11)17-15(19)10-16-9-12-6-4-8-14(12)18/h2-3,5,7,12,14,16,18H,4,6,8-10H2,1H3,(H,17,19). The van der Waals surface area contributed by atoms with Crippen molar-refractivity contribution in [1.29, 1.82) is 0 Å². The third-order valence-electron chi connectivity index (χ3n) is 3.73. The van der Waals surface area contributed by atoms with Crippen LogP contribution in [0.15, 0.2) is 24.3 Å².